The van der Waals surface area contributed by atoms with Crippen molar-refractivity contribution >= 4 is 41.7 Å². The number of aliphatic imine (C=N–C) groups is 1. The van der Waals surface area contributed by atoms with E-state index in [9.17, 15) is 0 Å². The summed E-state index contributed by atoms with van der Waals surface area (Å²) in [5.74, 6) is 2.06. The lowest BCUT2D eigenvalue weighted by atomic mass is 10.0. The monoisotopic (exact) mass is 423 g/mol. The largest absolute Gasteiger partial charge is 0.357 e. The van der Waals surface area contributed by atoms with Crippen LogP contribution in [0.2, 0.25) is 0 Å². The minimum atomic E-state index is 0. The normalized spacial score (nSPS) is 30.7. The van der Waals surface area contributed by atoms with Gasteiger partial charge in [-0.15, -0.1) is 24.0 Å². The van der Waals surface area contributed by atoms with Crippen LogP contribution in [-0.2, 0) is 0 Å². The SMILES string of the molecule is CCNC(=NCC1(C2CC2)CC1)NC1CCC(SC)C1.I. The third-order valence-electron chi connectivity index (χ3n) is 5.29. The Morgan fingerprint density at radius 2 is 2.00 bits per heavy atom. The van der Waals surface area contributed by atoms with Crippen LogP contribution in [0, 0.1) is 11.3 Å². The lowest BCUT2D eigenvalue weighted by molar-refractivity contribution is 0.451. The summed E-state index contributed by atoms with van der Waals surface area (Å²) in [6.07, 6.45) is 11.9. The van der Waals surface area contributed by atoms with Crippen molar-refractivity contribution in [2.24, 2.45) is 16.3 Å². The third-order valence-corrected chi connectivity index (χ3v) is 6.39. The molecule has 0 radical (unpaired) electrons. The molecule has 2 atom stereocenters. The molecule has 0 bridgehead atoms. The van der Waals surface area contributed by atoms with Crippen molar-refractivity contribution < 1.29 is 0 Å². The molecule has 3 aliphatic carbocycles. The van der Waals surface area contributed by atoms with Gasteiger partial charge in [0.25, 0.3) is 0 Å². The van der Waals surface area contributed by atoms with E-state index in [1.807, 2.05) is 11.8 Å². The van der Waals surface area contributed by atoms with Crippen LogP contribution in [0.3, 0.4) is 0 Å². The average Bonchev–Trinajstić information content (AvgIpc) is 3.35. The van der Waals surface area contributed by atoms with E-state index in [-0.39, 0.29) is 24.0 Å². The summed E-state index contributed by atoms with van der Waals surface area (Å²) in [6.45, 7) is 4.16. The Morgan fingerprint density at radius 3 is 2.52 bits per heavy atom. The number of halogens is 1. The van der Waals surface area contributed by atoms with Gasteiger partial charge in [-0.1, -0.05) is 0 Å². The highest BCUT2D eigenvalue weighted by atomic mass is 127. The molecule has 0 aromatic rings. The Kier molecular flexibility index (Phi) is 6.53. The summed E-state index contributed by atoms with van der Waals surface area (Å²) in [5, 5.41) is 7.94. The van der Waals surface area contributed by atoms with Gasteiger partial charge in [-0.3, -0.25) is 4.99 Å². The molecule has 3 aliphatic rings. The van der Waals surface area contributed by atoms with Crippen molar-refractivity contribution in [3.63, 3.8) is 0 Å². The molecule has 21 heavy (non-hydrogen) atoms. The van der Waals surface area contributed by atoms with Gasteiger partial charge in [0, 0.05) is 24.4 Å². The molecule has 2 unspecified atom stereocenters. The van der Waals surface area contributed by atoms with Gasteiger partial charge in [0.2, 0.25) is 0 Å². The highest BCUT2D eigenvalue weighted by molar-refractivity contribution is 14.0. The summed E-state index contributed by atoms with van der Waals surface area (Å²) in [5.41, 5.74) is 0.611. The van der Waals surface area contributed by atoms with Crippen LogP contribution >= 0.6 is 35.7 Å². The lowest BCUT2D eigenvalue weighted by Crippen LogP contribution is -2.43. The zero-order valence-corrected chi connectivity index (χ0v) is 16.5. The molecule has 0 heterocycles. The standard InChI is InChI=1S/C16H29N3S.HI/c1-3-17-15(19-13-6-7-14(10-13)20-2)18-11-16(8-9-16)12-4-5-12;/h12-14H,3-11H2,1-2H3,(H2,17,18,19);1H. The molecular formula is C16H30IN3S. The van der Waals surface area contributed by atoms with Crippen LogP contribution in [-0.4, -0.2) is 36.6 Å². The Hall–Kier alpha value is 0.350. The number of guanidine groups is 1. The van der Waals surface area contributed by atoms with Crippen molar-refractivity contribution in [3.8, 4) is 0 Å². The van der Waals surface area contributed by atoms with E-state index in [2.05, 4.69) is 23.8 Å². The van der Waals surface area contributed by atoms with Crippen molar-refractivity contribution in [1.82, 2.24) is 10.6 Å². The lowest BCUT2D eigenvalue weighted by Gasteiger charge is -2.18. The van der Waals surface area contributed by atoms with Gasteiger partial charge in [0.05, 0.1) is 0 Å². The van der Waals surface area contributed by atoms with Crippen LogP contribution in [0.1, 0.15) is 51.9 Å². The molecule has 3 saturated carbocycles. The van der Waals surface area contributed by atoms with Crippen molar-refractivity contribution in [2.75, 3.05) is 19.3 Å². The molecule has 0 amide bonds. The fourth-order valence-corrected chi connectivity index (χ4v) is 4.38. The summed E-state index contributed by atoms with van der Waals surface area (Å²) in [6, 6.07) is 0.626. The quantitative estimate of drug-likeness (QED) is 0.389. The Morgan fingerprint density at radius 1 is 1.24 bits per heavy atom. The molecule has 0 aromatic heterocycles. The number of rotatable bonds is 6. The average molecular weight is 423 g/mol. The second-order valence-electron chi connectivity index (χ2n) is 6.84. The van der Waals surface area contributed by atoms with Crippen LogP contribution in [0.25, 0.3) is 0 Å². The highest BCUT2D eigenvalue weighted by Crippen LogP contribution is 2.61. The van der Waals surface area contributed by atoms with E-state index < -0.39 is 0 Å². The minimum absolute atomic E-state index is 0. The molecule has 0 saturated heterocycles. The fourth-order valence-electron chi connectivity index (χ4n) is 3.59. The van der Waals surface area contributed by atoms with Gasteiger partial charge in [0.15, 0.2) is 5.96 Å². The smallest absolute Gasteiger partial charge is 0.191 e. The maximum absolute atomic E-state index is 4.91. The van der Waals surface area contributed by atoms with Gasteiger partial charge in [0.1, 0.15) is 0 Å². The Labute approximate surface area is 150 Å². The predicted octanol–water partition coefficient (Wildman–Crippen LogP) is 3.63. The second kappa shape index (κ2) is 7.75. The van der Waals surface area contributed by atoms with Gasteiger partial charge >= 0.3 is 0 Å². The predicted molar refractivity (Wildman–Crippen MR) is 104 cm³/mol. The maximum Gasteiger partial charge on any atom is 0.191 e. The summed E-state index contributed by atoms with van der Waals surface area (Å²) in [7, 11) is 0. The molecule has 122 valence electrons. The van der Waals surface area contributed by atoms with E-state index >= 15 is 0 Å². The van der Waals surface area contributed by atoms with Crippen molar-refractivity contribution in [1.29, 1.82) is 0 Å². The highest BCUT2D eigenvalue weighted by Gasteiger charge is 2.53. The molecule has 3 nitrogen and oxygen atoms in total. The van der Waals surface area contributed by atoms with Crippen LogP contribution < -0.4 is 10.6 Å². The number of nitrogens with zero attached hydrogens (tertiary/aromatic N) is 1. The number of hydrogen-bond donors (Lipinski definition) is 2. The van der Waals surface area contributed by atoms with Gasteiger partial charge in [-0.05, 0) is 69.5 Å². The first-order valence-corrected chi connectivity index (χ1v) is 9.62. The number of nitrogens with one attached hydrogen (secondary N) is 2. The third kappa shape index (κ3) is 4.66. The molecule has 3 rings (SSSR count). The molecule has 5 heteroatoms. The van der Waals surface area contributed by atoms with E-state index in [0.717, 1.165) is 30.2 Å². The van der Waals surface area contributed by atoms with Crippen molar-refractivity contribution in [2.45, 2.75) is 63.2 Å². The van der Waals surface area contributed by atoms with E-state index in [1.165, 1.54) is 44.9 Å². The Bertz CT molecular complexity index is 367. The van der Waals surface area contributed by atoms with Crippen LogP contribution in [0.15, 0.2) is 4.99 Å². The minimum Gasteiger partial charge on any atom is -0.357 e. The first kappa shape index (κ1) is 17.7. The number of hydrogen-bond acceptors (Lipinski definition) is 2. The topological polar surface area (TPSA) is 36.4 Å². The molecule has 2 N–H and O–H groups in total. The van der Waals surface area contributed by atoms with Gasteiger partial charge < -0.3 is 10.6 Å². The summed E-state index contributed by atoms with van der Waals surface area (Å²) < 4.78 is 0. The van der Waals surface area contributed by atoms with Crippen LogP contribution in [0.4, 0.5) is 0 Å². The fraction of sp³-hybridized carbons (Fsp3) is 0.938. The molecule has 0 spiro atoms. The Balaban J connectivity index is 0.00000161. The van der Waals surface area contributed by atoms with Crippen molar-refractivity contribution in [3.05, 3.63) is 0 Å². The zero-order valence-electron chi connectivity index (χ0n) is 13.4. The maximum atomic E-state index is 4.91. The number of thioether (sulfide) groups is 1. The summed E-state index contributed by atoms with van der Waals surface area (Å²) in [4.78, 5) is 4.91. The van der Waals surface area contributed by atoms with E-state index in [0.29, 0.717) is 11.5 Å². The second-order valence-corrected chi connectivity index (χ2v) is 7.98. The van der Waals surface area contributed by atoms with E-state index in [1.54, 1.807) is 0 Å². The van der Waals surface area contributed by atoms with Gasteiger partial charge in [-0.25, -0.2) is 0 Å². The van der Waals surface area contributed by atoms with Gasteiger partial charge in [-0.2, -0.15) is 11.8 Å². The first-order chi connectivity index (χ1) is 9.75. The molecular weight excluding hydrogens is 393 g/mol. The van der Waals surface area contributed by atoms with Crippen LogP contribution in [0.5, 0.6) is 0 Å². The molecule has 3 fully saturated rings. The first-order valence-electron chi connectivity index (χ1n) is 8.33. The molecule has 0 aromatic carbocycles. The van der Waals surface area contributed by atoms with E-state index in [4.69, 9.17) is 4.99 Å². The molecule has 0 aliphatic heterocycles. The zero-order chi connectivity index (χ0) is 14.0. The summed E-state index contributed by atoms with van der Waals surface area (Å²) >= 11 is 2.02.